The lowest BCUT2D eigenvalue weighted by Crippen LogP contribution is -2.25. The second-order valence-corrected chi connectivity index (χ2v) is 5.23. The van der Waals surface area contributed by atoms with Crippen LogP contribution in [0.15, 0.2) is 12.1 Å². The van der Waals surface area contributed by atoms with E-state index in [1.54, 1.807) is 11.9 Å². The monoisotopic (exact) mass is 289 g/mol. The molecule has 0 unspecified atom stereocenters. The van der Waals surface area contributed by atoms with Gasteiger partial charge in [-0.15, -0.1) is 0 Å². The number of nitrogens with one attached hydrogen (secondary N) is 1. The van der Waals surface area contributed by atoms with Gasteiger partial charge in [-0.05, 0) is 30.7 Å². The number of alkyl halides is 3. The minimum atomic E-state index is -4.14. The molecule has 114 valence electrons. The lowest BCUT2D eigenvalue weighted by molar-refractivity contribution is -0.132. The van der Waals surface area contributed by atoms with E-state index in [-0.39, 0.29) is 12.5 Å². The Morgan fingerprint density at radius 3 is 2.45 bits per heavy atom. The van der Waals surface area contributed by atoms with Crippen LogP contribution in [-0.4, -0.2) is 31.8 Å². The van der Waals surface area contributed by atoms with Crippen LogP contribution in [0.5, 0.6) is 0 Å². The van der Waals surface area contributed by atoms with Gasteiger partial charge in [-0.3, -0.25) is 0 Å². The highest BCUT2D eigenvalue weighted by Crippen LogP contribution is 2.23. The van der Waals surface area contributed by atoms with Crippen LogP contribution in [0.4, 0.5) is 19.0 Å². The first kappa shape index (κ1) is 16.8. The zero-order valence-corrected chi connectivity index (χ0v) is 12.4. The molecule has 0 amide bonds. The summed E-state index contributed by atoms with van der Waals surface area (Å²) >= 11 is 0. The Hall–Kier alpha value is -1.30. The van der Waals surface area contributed by atoms with Crippen molar-refractivity contribution in [2.45, 2.75) is 38.9 Å². The first-order valence-electron chi connectivity index (χ1n) is 6.66. The molecule has 0 saturated heterocycles. The summed E-state index contributed by atoms with van der Waals surface area (Å²) in [6.45, 7) is 4.62. The fourth-order valence-electron chi connectivity index (χ4n) is 1.80. The molecule has 3 nitrogen and oxygen atoms in total. The summed E-state index contributed by atoms with van der Waals surface area (Å²) in [5.74, 6) is 0.826. The largest absolute Gasteiger partial charge is 0.390 e. The molecule has 0 atom stereocenters. The summed E-state index contributed by atoms with van der Waals surface area (Å²) in [7, 11) is 3.48. The highest BCUT2D eigenvalue weighted by molar-refractivity contribution is 5.42. The number of hydrogen-bond donors (Lipinski definition) is 1. The van der Waals surface area contributed by atoms with Crippen molar-refractivity contribution >= 4 is 5.82 Å². The second kappa shape index (κ2) is 6.92. The van der Waals surface area contributed by atoms with Gasteiger partial charge in [0.25, 0.3) is 0 Å². The Morgan fingerprint density at radius 2 is 1.95 bits per heavy atom. The van der Waals surface area contributed by atoms with Gasteiger partial charge in [-0.1, -0.05) is 13.8 Å². The van der Waals surface area contributed by atoms with Crippen molar-refractivity contribution in [1.29, 1.82) is 0 Å². The fraction of sp³-hybridized carbons (Fsp3) is 0.643. The lowest BCUT2D eigenvalue weighted by atomic mass is 10.1. The SMILES string of the molecule is CNCc1cc(C(C)C)nc(N(C)CCC(F)(F)F)c1. The van der Waals surface area contributed by atoms with Gasteiger partial charge >= 0.3 is 6.18 Å². The van der Waals surface area contributed by atoms with E-state index in [0.717, 1.165) is 11.3 Å². The molecule has 1 rings (SSSR count). The van der Waals surface area contributed by atoms with E-state index in [4.69, 9.17) is 0 Å². The van der Waals surface area contributed by atoms with Crippen molar-refractivity contribution in [3.8, 4) is 0 Å². The third-order valence-electron chi connectivity index (χ3n) is 2.99. The molecular weight excluding hydrogens is 267 g/mol. The maximum Gasteiger partial charge on any atom is 0.390 e. The minimum absolute atomic E-state index is 0.0863. The molecule has 0 bridgehead atoms. The number of anilines is 1. The Bertz CT molecular complexity index is 430. The number of pyridine rings is 1. The van der Waals surface area contributed by atoms with Crippen molar-refractivity contribution in [3.05, 3.63) is 23.4 Å². The molecule has 1 heterocycles. The summed E-state index contributed by atoms with van der Waals surface area (Å²) in [5, 5.41) is 3.05. The fourth-order valence-corrected chi connectivity index (χ4v) is 1.80. The molecule has 0 radical (unpaired) electrons. The van der Waals surface area contributed by atoms with Crippen LogP contribution in [0.25, 0.3) is 0 Å². The van der Waals surface area contributed by atoms with Crippen LogP contribution >= 0.6 is 0 Å². The topological polar surface area (TPSA) is 28.2 Å². The summed E-state index contributed by atoms with van der Waals surface area (Å²) in [5.41, 5.74) is 1.92. The molecule has 0 fully saturated rings. The van der Waals surface area contributed by atoms with Crippen LogP contribution in [-0.2, 0) is 6.54 Å². The third-order valence-corrected chi connectivity index (χ3v) is 2.99. The predicted molar refractivity (Wildman–Crippen MR) is 75.0 cm³/mol. The van der Waals surface area contributed by atoms with Gasteiger partial charge in [-0.2, -0.15) is 13.2 Å². The smallest absolute Gasteiger partial charge is 0.359 e. The normalized spacial score (nSPS) is 12.0. The van der Waals surface area contributed by atoms with Gasteiger partial charge in [0.1, 0.15) is 5.82 Å². The average Bonchev–Trinajstić information content (AvgIpc) is 2.35. The molecule has 1 N–H and O–H groups in total. The molecule has 0 aliphatic carbocycles. The zero-order chi connectivity index (χ0) is 15.3. The van der Waals surface area contributed by atoms with Gasteiger partial charge in [0.15, 0.2) is 0 Å². The number of rotatable bonds is 6. The van der Waals surface area contributed by atoms with E-state index in [1.807, 2.05) is 33.0 Å². The van der Waals surface area contributed by atoms with E-state index < -0.39 is 12.6 Å². The van der Waals surface area contributed by atoms with Gasteiger partial charge in [0.2, 0.25) is 0 Å². The summed E-state index contributed by atoms with van der Waals surface area (Å²) in [6.07, 6.45) is -4.98. The Morgan fingerprint density at radius 1 is 1.30 bits per heavy atom. The van der Waals surface area contributed by atoms with Crippen LogP contribution < -0.4 is 10.2 Å². The number of hydrogen-bond acceptors (Lipinski definition) is 3. The lowest BCUT2D eigenvalue weighted by Gasteiger charge is -2.21. The number of aromatic nitrogens is 1. The third kappa shape index (κ3) is 5.36. The van der Waals surface area contributed by atoms with Gasteiger partial charge in [0, 0.05) is 25.8 Å². The second-order valence-electron chi connectivity index (χ2n) is 5.23. The highest BCUT2D eigenvalue weighted by Gasteiger charge is 2.27. The van der Waals surface area contributed by atoms with Crippen LogP contribution in [0.2, 0.25) is 0 Å². The number of halogens is 3. The molecule has 6 heteroatoms. The maximum atomic E-state index is 12.3. The van der Waals surface area contributed by atoms with Crippen molar-refractivity contribution in [2.75, 3.05) is 25.5 Å². The molecule has 1 aromatic rings. The van der Waals surface area contributed by atoms with Crippen molar-refractivity contribution in [3.63, 3.8) is 0 Å². The van der Waals surface area contributed by atoms with Crippen LogP contribution in [0, 0.1) is 0 Å². The predicted octanol–water partition coefficient (Wildman–Crippen LogP) is 3.31. The van der Waals surface area contributed by atoms with Crippen molar-refractivity contribution in [2.24, 2.45) is 0 Å². The minimum Gasteiger partial charge on any atom is -0.359 e. The van der Waals surface area contributed by atoms with Gasteiger partial charge < -0.3 is 10.2 Å². The maximum absolute atomic E-state index is 12.3. The molecule has 0 spiro atoms. The standard InChI is InChI=1S/C14H22F3N3/c1-10(2)12-7-11(9-18-3)8-13(19-12)20(4)6-5-14(15,16)17/h7-8,10,18H,5-6,9H2,1-4H3. The van der Waals surface area contributed by atoms with Crippen molar-refractivity contribution < 1.29 is 13.2 Å². The van der Waals surface area contributed by atoms with E-state index >= 15 is 0 Å². The zero-order valence-electron chi connectivity index (χ0n) is 12.4. The molecule has 0 aliphatic heterocycles. The quantitative estimate of drug-likeness (QED) is 0.871. The first-order chi connectivity index (χ1) is 9.23. The summed E-state index contributed by atoms with van der Waals surface area (Å²) < 4.78 is 36.8. The van der Waals surface area contributed by atoms with Gasteiger partial charge in [-0.25, -0.2) is 4.98 Å². The molecular formula is C14H22F3N3. The molecule has 0 aromatic carbocycles. The average molecular weight is 289 g/mol. The number of nitrogens with zero attached hydrogens (tertiary/aromatic N) is 2. The van der Waals surface area contributed by atoms with E-state index in [0.29, 0.717) is 12.4 Å². The van der Waals surface area contributed by atoms with E-state index in [2.05, 4.69) is 10.3 Å². The molecule has 20 heavy (non-hydrogen) atoms. The summed E-state index contributed by atoms with van der Waals surface area (Å²) in [4.78, 5) is 6.00. The Kier molecular flexibility index (Phi) is 5.80. The molecule has 1 aromatic heterocycles. The van der Waals surface area contributed by atoms with E-state index in [1.165, 1.54) is 0 Å². The van der Waals surface area contributed by atoms with Gasteiger partial charge in [0.05, 0.1) is 6.42 Å². The first-order valence-corrected chi connectivity index (χ1v) is 6.66. The molecule has 0 aliphatic rings. The van der Waals surface area contributed by atoms with Crippen molar-refractivity contribution in [1.82, 2.24) is 10.3 Å². The summed E-state index contributed by atoms with van der Waals surface area (Å²) in [6, 6.07) is 3.82. The molecule has 0 saturated carbocycles. The Balaban J connectivity index is 2.91. The van der Waals surface area contributed by atoms with Crippen LogP contribution in [0.3, 0.4) is 0 Å². The van der Waals surface area contributed by atoms with E-state index in [9.17, 15) is 13.2 Å². The van der Waals surface area contributed by atoms with Crippen LogP contribution in [0.1, 0.15) is 37.4 Å². The Labute approximate surface area is 118 Å². The highest BCUT2D eigenvalue weighted by atomic mass is 19.4.